The third-order valence-corrected chi connectivity index (χ3v) is 4.45. The zero-order valence-electron chi connectivity index (χ0n) is 13.9. The lowest BCUT2D eigenvalue weighted by Crippen LogP contribution is -2.38. The van der Waals surface area contributed by atoms with Gasteiger partial charge < -0.3 is 9.73 Å². The zero-order valence-corrected chi connectivity index (χ0v) is 13.9. The molecule has 0 radical (unpaired) electrons. The number of aryl methyl sites for hydroxylation is 1. The Morgan fingerprint density at radius 3 is 2.55 bits per heavy atom. The van der Waals surface area contributed by atoms with E-state index in [1.54, 1.807) is 0 Å². The smallest absolute Gasteiger partial charge is 0.109 e. The summed E-state index contributed by atoms with van der Waals surface area (Å²) in [7, 11) is 0. The first-order valence-corrected chi connectivity index (χ1v) is 8.30. The fourth-order valence-electron chi connectivity index (χ4n) is 3.63. The molecule has 1 heterocycles. The summed E-state index contributed by atoms with van der Waals surface area (Å²) in [5, 5.41) is 3.92. The lowest BCUT2D eigenvalue weighted by Gasteiger charge is -2.37. The molecule has 1 unspecified atom stereocenters. The first-order valence-electron chi connectivity index (χ1n) is 8.30. The number of nitrogens with one attached hydrogen (secondary N) is 1. The molecule has 1 aromatic rings. The fraction of sp³-hybridized carbons (Fsp3) is 0.778. The topological polar surface area (TPSA) is 25.2 Å². The van der Waals surface area contributed by atoms with Gasteiger partial charge in [-0.2, -0.15) is 0 Å². The normalized spacial score (nSPS) is 21.2. The molecule has 1 N–H and O–H groups in total. The molecule has 2 nitrogen and oxygen atoms in total. The average molecular weight is 277 g/mol. The first kappa shape index (κ1) is 15.6. The molecule has 0 amide bonds. The van der Waals surface area contributed by atoms with Gasteiger partial charge in [0.25, 0.3) is 0 Å². The molecule has 0 spiro atoms. The molecule has 0 fully saturated rings. The summed E-state index contributed by atoms with van der Waals surface area (Å²) in [5.74, 6) is 2.27. The predicted octanol–water partition coefficient (Wildman–Crippen LogP) is 5.16. The number of hydrogen-bond acceptors (Lipinski definition) is 2. The Bertz CT molecular complexity index is 427. The van der Waals surface area contributed by atoms with E-state index in [0.717, 1.165) is 12.2 Å². The van der Waals surface area contributed by atoms with E-state index >= 15 is 0 Å². The summed E-state index contributed by atoms with van der Waals surface area (Å²) in [6, 6.07) is 3.36. The van der Waals surface area contributed by atoms with Gasteiger partial charge >= 0.3 is 0 Å². The molecule has 1 aromatic heterocycles. The van der Waals surface area contributed by atoms with Gasteiger partial charge in [-0.05, 0) is 37.7 Å². The molecule has 0 aliphatic heterocycles. The van der Waals surface area contributed by atoms with Gasteiger partial charge in [-0.25, -0.2) is 0 Å². The van der Waals surface area contributed by atoms with Gasteiger partial charge in [-0.1, -0.05) is 40.5 Å². The van der Waals surface area contributed by atoms with Gasteiger partial charge in [0.15, 0.2) is 0 Å². The molecule has 2 rings (SSSR count). The molecule has 1 aliphatic carbocycles. The Morgan fingerprint density at radius 2 is 1.95 bits per heavy atom. The Balaban J connectivity index is 2.17. The van der Waals surface area contributed by atoms with Crippen molar-refractivity contribution in [2.24, 2.45) is 5.41 Å². The SMILES string of the molecule is CCCC(CCC)NC1CC(C)(C)Cc2oc(C)cc21. The number of hydrogen-bond donors (Lipinski definition) is 1. The van der Waals surface area contributed by atoms with Crippen molar-refractivity contribution < 1.29 is 4.42 Å². The van der Waals surface area contributed by atoms with Crippen molar-refractivity contribution in [2.75, 3.05) is 0 Å². The molecule has 0 saturated heterocycles. The van der Waals surface area contributed by atoms with Crippen LogP contribution in [0.1, 0.15) is 82.9 Å². The van der Waals surface area contributed by atoms with Crippen molar-refractivity contribution in [2.45, 2.75) is 85.2 Å². The number of rotatable bonds is 6. The highest BCUT2D eigenvalue weighted by Gasteiger charge is 2.35. The first-order chi connectivity index (χ1) is 9.45. The lowest BCUT2D eigenvalue weighted by molar-refractivity contribution is 0.219. The molecule has 1 atom stereocenters. The van der Waals surface area contributed by atoms with Crippen LogP contribution in [0.4, 0.5) is 0 Å². The quantitative estimate of drug-likeness (QED) is 0.777. The maximum atomic E-state index is 5.93. The maximum absolute atomic E-state index is 5.93. The van der Waals surface area contributed by atoms with Crippen LogP contribution in [0, 0.1) is 12.3 Å². The van der Waals surface area contributed by atoms with Crippen molar-refractivity contribution in [1.29, 1.82) is 0 Å². The molecule has 0 saturated carbocycles. The van der Waals surface area contributed by atoms with Gasteiger partial charge in [-0.15, -0.1) is 0 Å². The summed E-state index contributed by atoms with van der Waals surface area (Å²) in [5.41, 5.74) is 1.75. The molecule has 114 valence electrons. The van der Waals surface area contributed by atoms with Gasteiger partial charge in [0, 0.05) is 24.1 Å². The van der Waals surface area contributed by atoms with Crippen LogP contribution < -0.4 is 5.32 Å². The molecular weight excluding hydrogens is 246 g/mol. The third-order valence-electron chi connectivity index (χ3n) is 4.45. The average Bonchev–Trinajstić information content (AvgIpc) is 2.68. The van der Waals surface area contributed by atoms with Crippen LogP contribution in [0.5, 0.6) is 0 Å². The minimum atomic E-state index is 0.331. The van der Waals surface area contributed by atoms with Crippen LogP contribution in [0.25, 0.3) is 0 Å². The Morgan fingerprint density at radius 1 is 1.30 bits per heavy atom. The minimum absolute atomic E-state index is 0.331. The van der Waals surface area contributed by atoms with Crippen LogP contribution in [-0.2, 0) is 6.42 Å². The second kappa shape index (κ2) is 6.34. The van der Waals surface area contributed by atoms with Crippen molar-refractivity contribution in [1.82, 2.24) is 5.32 Å². The lowest BCUT2D eigenvalue weighted by atomic mass is 9.74. The Hall–Kier alpha value is -0.760. The Labute approximate surface area is 124 Å². The molecule has 2 heteroatoms. The van der Waals surface area contributed by atoms with Crippen LogP contribution >= 0.6 is 0 Å². The number of furan rings is 1. The van der Waals surface area contributed by atoms with E-state index in [9.17, 15) is 0 Å². The monoisotopic (exact) mass is 277 g/mol. The second-order valence-electron chi connectivity index (χ2n) is 7.27. The summed E-state index contributed by atoms with van der Waals surface area (Å²) in [6.07, 6.45) is 7.34. The molecule has 0 bridgehead atoms. The number of fused-ring (bicyclic) bond motifs is 1. The van der Waals surface area contributed by atoms with Gasteiger partial charge in [0.05, 0.1) is 0 Å². The third kappa shape index (κ3) is 3.66. The van der Waals surface area contributed by atoms with Crippen molar-refractivity contribution in [3.05, 3.63) is 23.2 Å². The Kier molecular flexibility index (Phi) is 4.95. The zero-order chi connectivity index (χ0) is 14.8. The van der Waals surface area contributed by atoms with Crippen LogP contribution in [0.3, 0.4) is 0 Å². The van der Waals surface area contributed by atoms with E-state index in [1.165, 1.54) is 43.4 Å². The highest BCUT2D eigenvalue weighted by Crippen LogP contribution is 2.42. The van der Waals surface area contributed by atoms with Crippen LogP contribution in [0.2, 0.25) is 0 Å². The van der Waals surface area contributed by atoms with Crippen LogP contribution in [-0.4, -0.2) is 6.04 Å². The molecule has 0 aromatic carbocycles. The van der Waals surface area contributed by atoms with Crippen molar-refractivity contribution in [3.63, 3.8) is 0 Å². The molecular formula is C18H31NO. The predicted molar refractivity (Wildman–Crippen MR) is 85.0 cm³/mol. The van der Waals surface area contributed by atoms with E-state index < -0.39 is 0 Å². The molecule has 20 heavy (non-hydrogen) atoms. The summed E-state index contributed by atoms with van der Waals surface area (Å²) >= 11 is 0. The van der Waals surface area contributed by atoms with Gasteiger partial charge in [0.2, 0.25) is 0 Å². The van der Waals surface area contributed by atoms with Crippen molar-refractivity contribution >= 4 is 0 Å². The largest absolute Gasteiger partial charge is 0.466 e. The van der Waals surface area contributed by atoms with Crippen LogP contribution in [0.15, 0.2) is 10.5 Å². The van der Waals surface area contributed by atoms with E-state index in [-0.39, 0.29) is 0 Å². The van der Waals surface area contributed by atoms with E-state index in [2.05, 4.69) is 46.0 Å². The highest BCUT2D eigenvalue weighted by molar-refractivity contribution is 5.29. The fourth-order valence-corrected chi connectivity index (χ4v) is 3.63. The standard InChI is InChI=1S/C18H31NO/c1-6-8-14(9-7-2)19-16-11-18(4,5)12-17-15(16)10-13(3)20-17/h10,14,16,19H,6-9,11-12H2,1-5H3. The maximum Gasteiger partial charge on any atom is 0.109 e. The summed E-state index contributed by atoms with van der Waals surface area (Å²) < 4.78 is 5.93. The highest BCUT2D eigenvalue weighted by atomic mass is 16.3. The summed E-state index contributed by atoms with van der Waals surface area (Å²) in [6.45, 7) is 11.3. The van der Waals surface area contributed by atoms with Gasteiger partial charge in [0.1, 0.15) is 11.5 Å². The van der Waals surface area contributed by atoms with Crippen molar-refractivity contribution in [3.8, 4) is 0 Å². The molecule has 1 aliphatic rings. The minimum Gasteiger partial charge on any atom is -0.466 e. The second-order valence-corrected chi connectivity index (χ2v) is 7.27. The van der Waals surface area contributed by atoms with E-state index in [4.69, 9.17) is 4.42 Å². The summed E-state index contributed by atoms with van der Waals surface area (Å²) in [4.78, 5) is 0. The van der Waals surface area contributed by atoms with Gasteiger partial charge in [-0.3, -0.25) is 0 Å². The van der Waals surface area contributed by atoms with E-state index in [1.807, 2.05) is 0 Å². The van der Waals surface area contributed by atoms with E-state index in [0.29, 0.717) is 17.5 Å².